The Morgan fingerprint density at radius 3 is 0.916 bits per heavy atom. The van der Waals surface area contributed by atoms with Crippen molar-refractivity contribution in [1.82, 2.24) is 0 Å². The fourth-order valence-electron chi connectivity index (χ4n) is 16.2. The van der Waals surface area contributed by atoms with Gasteiger partial charge >= 0.3 is 57.3 Å². The molecule has 14 nitrogen and oxygen atoms in total. The average molecular weight is 2470 g/mol. The van der Waals surface area contributed by atoms with Gasteiger partial charge in [-0.15, -0.1) is 0 Å². The lowest BCUT2D eigenvalue weighted by atomic mass is 9.49. The minimum absolute atomic E-state index is 0.0146. The zero-order valence-corrected chi connectivity index (χ0v) is 91.3. The third-order valence-electron chi connectivity index (χ3n) is 23.5. The number of carbonyl (C=O) groups is 6. The summed E-state index contributed by atoms with van der Waals surface area (Å²) in [7, 11) is 0.0302. The summed E-state index contributed by atoms with van der Waals surface area (Å²) >= 11 is 5.83. The first-order valence-corrected chi connectivity index (χ1v) is 54.5. The van der Waals surface area contributed by atoms with E-state index in [9.17, 15) is 93.1 Å². The number of carboxylic acids is 4. The number of carbonyl (C=O) groups excluding carboxylic acids is 6. The summed E-state index contributed by atoms with van der Waals surface area (Å²) in [5.41, 5.74) is -4.76. The largest absolute Gasteiger partial charge is 0.547 e. The third kappa shape index (κ3) is 31.5. The maximum Gasteiger partial charge on any atom is 0.422 e. The molecule has 4 aliphatic rings. The zero-order chi connectivity index (χ0) is 106. The van der Waals surface area contributed by atoms with E-state index in [1.165, 1.54) is 106 Å². The Morgan fingerprint density at radius 1 is 0.385 bits per heavy atom. The molecule has 1 aromatic heterocycles. The Kier molecular flexibility index (Phi) is 41.9. The molecular weight excluding hydrogens is 2360 g/mol. The van der Waals surface area contributed by atoms with Crippen LogP contribution in [-0.4, -0.2) is 93.6 Å². The van der Waals surface area contributed by atoms with Gasteiger partial charge in [-0.1, -0.05) is 245 Å². The molecule has 143 heavy (non-hydrogen) atoms. The minimum atomic E-state index is -5.19. The molecule has 0 aliphatic heterocycles. The summed E-state index contributed by atoms with van der Waals surface area (Å²) in [5, 5.41) is 59.6. The van der Waals surface area contributed by atoms with Crippen molar-refractivity contribution in [2.45, 2.75) is 209 Å². The molecule has 0 radical (unpaired) electrons. The van der Waals surface area contributed by atoms with Crippen LogP contribution in [0.3, 0.4) is 0 Å². The number of carboxylic acid groups (broad SMARTS) is 4. The lowest BCUT2D eigenvalue weighted by Gasteiger charge is -2.55. The Balaban J connectivity index is 0.000000185. The van der Waals surface area contributed by atoms with Crippen molar-refractivity contribution >= 4 is 156 Å². The van der Waals surface area contributed by atoms with Crippen LogP contribution in [0.1, 0.15) is 143 Å². The number of fused-ring (bicyclic) bond motifs is 3. The van der Waals surface area contributed by atoms with Crippen LogP contribution in [0.2, 0.25) is 0 Å². The SMILES string of the molecule is CC(C)(C)c1ccc([I+]c2ccc(C(C)(C)C)cc2)cc1.CC(C)C(OC(=O)C12CC3CC(CC(C3)C1)C2)C(F)(F)C(=O)[O-].CC(C)C(OC(=O)c1cc(I)cc(I)c1I)C(F)(F)C(=O)[O-].CC(O)(C(=O)[O-])C(F)(F)F.CC(O)(C(=O)[O-])C(F)(F)F.c1ccc(-[s+]2c3ccccc3c3ccccc32)cc1.c1ccc([S+](c2ccccc2)c2ccccc2)cc1.c1ccc([S+](c2ccccc2)c2ccccc2)cc1. The van der Waals surface area contributed by atoms with E-state index >= 15 is 0 Å². The summed E-state index contributed by atoms with van der Waals surface area (Å²) in [5.74, 6) is -20.5. The second kappa shape index (κ2) is 51.2. The lowest BCUT2D eigenvalue weighted by Crippen LogP contribution is -3.61. The third-order valence-corrected chi connectivity index (χ3v) is 36.7. The fraction of sp³-hybridized carbons (Fsp3) is 0.304. The van der Waals surface area contributed by atoms with Crippen LogP contribution in [0.25, 0.3) is 25.1 Å². The van der Waals surface area contributed by atoms with Crippen molar-refractivity contribution in [3.05, 3.63) is 356 Å². The van der Waals surface area contributed by atoms with E-state index in [1.807, 2.05) is 73.8 Å². The number of benzene rings is 12. The quantitative estimate of drug-likeness (QED) is 0.0223. The first kappa shape index (κ1) is 117. The van der Waals surface area contributed by atoms with Crippen molar-refractivity contribution < 1.29 is 134 Å². The average Bonchev–Trinajstić information content (AvgIpc) is 1.53. The summed E-state index contributed by atoms with van der Waals surface area (Å²) in [6.45, 7) is 19.4. The standard InChI is InChI=1S/C20H26I.C18H13S.2C18H15S.C17H24F2O4.C13H11F2I3O4.2C4H5F3O3/c1-19(2,3)15-7-11-17(12-8-15)21-18-13-9-16(10-14-18)20(4,5)6;1-2-8-14(9-3-1)19-17-12-6-4-10-15(17)16-11-5-7-13-18(16)19;2*1-4-10-16(11-5-1)19(17-12-6-2-7-13-17)18-14-8-3-9-15-18;1-9(2)13(17(18,19)14(20)21)23-15(22)16-6-10-3-11(7-16)5-12(4-10)8-16;1-5(2)10(13(14,15)12(20)21)22-11(19)7-3-6(16)4-8(17)9(7)18;2*1-3(10,2(8)9)4(5,6)7/h7-14H,1-6H3;1-13H;2*1-15H;9-13H,3-8H2,1-2H3,(H,20,21);3-5,10H,1-2H3,(H,20,21);2*10H,1H3,(H,8,9)/q4*+1;;;;/p-4. The van der Waals surface area contributed by atoms with Crippen molar-refractivity contribution in [3.8, 4) is 4.90 Å². The molecule has 4 atom stereocenters. The highest BCUT2D eigenvalue weighted by Crippen LogP contribution is 2.61. The molecule has 0 amide bonds. The molecule has 0 saturated heterocycles. The molecule has 13 aromatic rings. The van der Waals surface area contributed by atoms with E-state index in [2.05, 4.69) is 351 Å². The van der Waals surface area contributed by atoms with Gasteiger partial charge in [-0.25, -0.2) is 4.79 Å². The molecule has 2 N–H and O–H groups in total. The van der Waals surface area contributed by atoms with Crippen LogP contribution < -0.4 is 41.6 Å². The van der Waals surface area contributed by atoms with Gasteiger partial charge in [0.15, 0.2) is 74.2 Å². The maximum atomic E-state index is 13.9. The normalized spacial score (nSPS) is 16.6. The van der Waals surface area contributed by atoms with Crippen LogP contribution >= 0.6 is 78.2 Å². The summed E-state index contributed by atoms with van der Waals surface area (Å²) in [6.07, 6.45) is -9.01. The summed E-state index contributed by atoms with van der Waals surface area (Å²) in [4.78, 5) is 75.0. The fourth-order valence-corrected chi connectivity index (χ4v) is 27.3. The number of ether oxygens (including phenoxy) is 2. The molecule has 4 bridgehead atoms. The Bertz CT molecular complexity index is 5850. The number of esters is 2. The molecule has 758 valence electrons. The van der Waals surface area contributed by atoms with Crippen LogP contribution in [0, 0.1) is 52.9 Å². The number of alkyl halides is 10. The number of aliphatic hydroxyl groups is 2. The Hall–Kier alpha value is -9.48. The number of aliphatic carboxylic acids is 4. The van der Waals surface area contributed by atoms with Gasteiger partial charge in [0.25, 0.3) is 0 Å². The molecule has 0 spiro atoms. The zero-order valence-electron chi connectivity index (χ0n) is 80.2. The number of rotatable bonds is 21. The van der Waals surface area contributed by atoms with E-state index in [0.717, 1.165) is 26.4 Å². The van der Waals surface area contributed by atoms with E-state index in [0.29, 0.717) is 40.6 Å². The van der Waals surface area contributed by atoms with Crippen LogP contribution in [-0.2, 0) is 66.1 Å². The second-order valence-corrected chi connectivity index (χ2v) is 49.9. The Labute approximate surface area is 887 Å². The molecular formula is C112H110F10I4O14S3. The first-order valence-electron chi connectivity index (χ1n) is 45.4. The smallest absolute Gasteiger partial charge is 0.422 e. The molecule has 12 aromatic carbocycles. The topological polar surface area (TPSA) is 254 Å². The van der Waals surface area contributed by atoms with Crippen molar-refractivity contribution in [1.29, 1.82) is 0 Å². The van der Waals surface area contributed by atoms with Gasteiger partial charge in [0.05, 0.1) is 44.7 Å². The van der Waals surface area contributed by atoms with E-state index in [-0.39, 0.29) is 83.7 Å². The number of hydrogen-bond donors (Lipinski definition) is 2. The van der Waals surface area contributed by atoms with E-state index < -0.39 is 101 Å². The summed E-state index contributed by atoms with van der Waals surface area (Å²) in [6, 6.07) is 114. The predicted octanol–water partition coefficient (Wildman–Crippen LogP) is 21.0. The molecule has 4 saturated carbocycles. The number of halogens is 14. The molecule has 4 unspecified atom stereocenters. The maximum absolute atomic E-state index is 13.9. The van der Waals surface area contributed by atoms with Crippen molar-refractivity contribution in [2.24, 2.45) is 35.0 Å². The highest BCUT2D eigenvalue weighted by atomic mass is 127. The molecule has 4 fully saturated rings. The van der Waals surface area contributed by atoms with Crippen LogP contribution in [0.4, 0.5) is 43.9 Å². The summed E-state index contributed by atoms with van der Waals surface area (Å²) < 4.78 is 141. The first-order chi connectivity index (χ1) is 67.0. The molecule has 31 heteroatoms. The predicted molar refractivity (Wildman–Crippen MR) is 553 cm³/mol. The van der Waals surface area contributed by atoms with Crippen molar-refractivity contribution in [3.63, 3.8) is 0 Å². The highest BCUT2D eigenvalue weighted by molar-refractivity contribution is 14.1. The van der Waals surface area contributed by atoms with Gasteiger partial charge in [-0.3, -0.25) is 4.79 Å². The molecule has 1 heterocycles. The van der Waals surface area contributed by atoms with Crippen LogP contribution in [0.15, 0.2) is 351 Å². The van der Waals surface area contributed by atoms with Gasteiger partial charge in [0.2, 0.25) is 0 Å². The van der Waals surface area contributed by atoms with Gasteiger partial charge in [0, 0.05) is 32.0 Å². The number of hydrogen-bond acceptors (Lipinski definition) is 14. The highest BCUT2D eigenvalue weighted by Gasteiger charge is 2.58. The molecule has 4 aliphatic carbocycles. The van der Waals surface area contributed by atoms with Gasteiger partial charge in [-0.2, -0.15) is 43.9 Å². The monoisotopic (exact) mass is 2470 g/mol. The van der Waals surface area contributed by atoms with E-state index in [4.69, 9.17) is 19.7 Å². The van der Waals surface area contributed by atoms with Crippen LogP contribution in [0.5, 0.6) is 0 Å². The van der Waals surface area contributed by atoms with Gasteiger partial charge in [-0.05, 0) is 317 Å². The van der Waals surface area contributed by atoms with Gasteiger partial charge in [0.1, 0.15) is 11.9 Å². The van der Waals surface area contributed by atoms with Gasteiger partial charge < -0.3 is 59.3 Å². The lowest BCUT2D eigenvalue weighted by molar-refractivity contribution is -0.597. The Morgan fingerprint density at radius 2 is 0.657 bits per heavy atom. The molecule has 17 rings (SSSR count). The number of thiophene rings is 1. The van der Waals surface area contributed by atoms with Crippen molar-refractivity contribution in [2.75, 3.05) is 0 Å². The van der Waals surface area contributed by atoms with E-state index in [1.54, 1.807) is 0 Å². The second-order valence-electron chi connectivity index (χ2n) is 37.3. The minimum Gasteiger partial charge on any atom is -0.547 e.